The molecular formula is C16H28IN3O2S. The van der Waals surface area contributed by atoms with E-state index in [0.29, 0.717) is 13.2 Å². The highest BCUT2D eigenvalue weighted by Crippen LogP contribution is 2.15. The predicted molar refractivity (Wildman–Crippen MR) is 109 cm³/mol. The third-order valence-electron chi connectivity index (χ3n) is 2.82. The summed E-state index contributed by atoms with van der Waals surface area (Å²) in [7, 11) is 3.46. The van der Waals surface area contributed by atoms with Gasteiger partial charge in [-0.1, -0.05) is 18.2 Å². The van der Waals surface area contributed by atoms with Crippen molar-refractivity contribution in [2.75, 3.05) is 52.8 Å². The summed E-state index contributed by atoms with van der Waals surface area (Å²) >= 11 is 1.84. The number of nitrogens with zero attached hydrogens (tertiary/aromatic N) is 1. The van der Waals surface area contributed by atoms with E-state index in [1.54, 1.807) is 14.2 Å². The number of hydrogen-bond acceptors (Lipinski definition) is 4. The van der Waals surface area contributed by atoms with E-state index >= 15 is 0 Å². The first kappa shape index (κ1) is 22.5. The van der Waals surface area contributed by atoms with Crippen molar-refractivity contribution in [1.82, 2.24) is 10.6 Å². The number of rotatable bonds is 11. The summed E-state index contributed by atoms with van der Waals surface area (Å²) < 4.78 is 10.3. The SMILES string of the molecule is CN=C(NCCCOCCOC)NCCSc1ccccc1.I. The van der Waals surface area contributed by atoms with Crippen molar-refractivity contribution in [1.29, 1.82) is 0 Å². The number of guanidine groups is 1. The molecule has 0 fully saturated rings. The van der Waals surface area contributed by atoms with Gasteiger partial charge in [0, 0.05) is 44.5 Å². The first-order valence-electron chi connectivity index (χ1n) is 7.56. The maximum atomic E-state index is 5.41. The van der Waals surface area contributed by atoms with E-state index in [4.69, 9.17) is 9.47 Å². The number of methoxy groups -OCH3 is 1. The molecule has 0 atom stereocenters. The highest BCUT2D eigenvalue weighted by molar-refractivity contribution is 14.0. The van der Waals surface area contributed by atoms with Gasteiger partial charge in [0.25, 0.3) is 0 Å². The van der Waals surface area contributed by atoms with Crippen LogP contribution in [-0.2, 0) is 9.47 Å². The Hall–Kier alpha value is -0.510. The zero-order valence-electron chi connectivity index (χ0n) is 13.9. The Morgan fingerprint density at radius 2 is 1.83 bits per heavy atom. The number of nitrogens with one attached hydrogen (secondary N) is 2. The van der Waals surface area contributed by atoms with Crippen molar-refractivity contribution in [3.63, 3.8) is 0 Å². The van der Waals surface area contributed by atoms with Crippen molar-refractivity contribution >= 4 is 41.7 Å². The molecule has 0 bridgehead atoms. The molecule has 23 heavy (non-hydrogen) atoms. The molecule has 0 unspecified atom stereocenters. The van der Waals surface area contributed by atoms with Gasteiger partial charge >= 0.3 is 0 Å². The molecule has 0 spiro atoms. The van der Waals surface area contributed by atoms with Gasteiger partial charge in [-0.2, -0.15) is 0 Å². The lowest BCUT2D eigenvalue weighted by Crippen LogP contribution is -2.39. The van der Waals surface area contributed by atoms with Crippen molar-refractivity contribution in [2.24, 2.45) is 4.99 Å². The smallest absolute Gasteiger partial charge is 0.191 e. The number of ether oxygens (including phenoxy) is 2. The fourth-order valence-corrected chi connectivity index (χ4v) is 2.49. The standard InChI is InChI=1S/C16H27N3O2S.HI/c1-17-16(18-9-6-11-21-13-12-20-2)19-10-14-22-15-7-4-3-5-8-15;/h3-5,7-8H,6,9-14H2,1-2H3,(H2,17,18,19);1H. The third-order valence-corrected chi connectivity index (χ3v) is 3.83. The third kappa shape index (κ3) is 12.6. The number of benzene rings is 1. The Labute approximate surface area is 161 Å². The molecule has 0 aliphatic rings. The van der Waals surface area contributed by atoms with Crippen molar-refractivity contribution in [3.05, 3.63) is 30.3 Å². The molecule has 132 valence electrons. The summed E-state index contributed by atoms with van der Waals surface area (Å²) in [5.41, 5.74) is 0. The van der Waals surface area contributed by atoms with E-state index in [1.807, 2.05) is 17.8 Å². The van der Waals surface area contributed by atoms with Crippen LogP contribution in [0.5, 0.6) is 0 Å². The molecule has 7 heteroatoms. The minimum absolute atomic E-state index is 0. The van der Waals surface area contributed by atoms with Crippen molar-refractivity contribution in [2.45, 2.75) is 11.3 Å². The van der Waals surface area contributed by atoms with Gasteiger partial charge in [-0.15, -0.1) is 35.7 Å². The second kappa shape index (κ2) is 16.4. The number of hydrogen-bond donors (Lipinski definition) is 2. The van der Waals surface area contributed by atoms with E-state index < -0.39 is 0 Å². The van der Waals surface area contributed by atoms with Gasteiger partial charge in [-0.05, 0) is 18.6 Å². The van der Waals surface area contributed by atoms with Gasteiger partial charge in [0.1, 0.15) is 0 Å². The van der Waals surface area contributed by atoms with Crippen LogP contribution in [0.1, 0.15) is 6.42 Å². The minimum Gasteiger partial charge on any atom is -0.382 e. The number of thioether (sulfide) groups is 1. The maximum Gasteiger partial charge on any atom is 0.191 e. The first-order valence-corrected chi connectivity index (χ1v) is 8.54. The Morgan fingerprint density at radius 1 is 1.09 bits per heavy atom. The highest BCUT2D eigenvalue weighted by Gasteiger charge is 1.97. The summed E-state index contributed by atoms with van der Waals surface area (Å²) in [4.78, 5) is 5.50. The largest absolute Gasteiger partial charge is 0.382 e. The fourth-order valence-electron chi connectivity index (χ4n) is 1.70. The average Bonchev–Trinajstić information content (AvgIpc) is 2.57. The Balaban J connectivity index is 0.00000484. The molecule has 0 aromatic heterocycles. The molecule has 2 N–H and O–H groups in total. The zero-order valence-corrected chi connectivity index (χ0v) is 17.1. The summed E-state index contributed by atoms with van der Waals surface area (Å²) in [5, 5.41) is 6.59. The molecule has 1 aromatic carbocycles. The molecule has 0 heterocycles. The number of halogens is 1. The molecule has 0 aliphatic heterocycles. The van der Waals surface area contributed by atoms with E-state index in [1.165, 1.54) is 4.90 Å². The second-order valence-corrected chi connectivity index (χ2v) is 5.71. The van der Waals surface area contributed by atoms with Crippen LogP contribution in [0.25, 0.3) is 0 Å². The van der Waals surface area contributed by atoms with Crippen LogP contribution in [0.2, 0.25) is 0 Å². The fraction of sp³-hybridized carbons (Fsp3) is 0.562. The molecule has 0 saturated heterocycles. The molecule has 0 saturated carbocycles. The van der Waals surface area contributed by atoms with Gasteiger partial charge in [0.15, 0.2) is 5.96 Å². The lowest BCUT2D eigenvalue weighted by molar-refractivity contribution is 0.0698. The molecule has 1 rings (SSSR count). The average molecular weight is 453 g/mol. The van der Waals surface area contributed by atoms with E-state index in [2.05, 4.69) is 39.9 Å². The van der Waals surface area contributed by atoms with Crippen LogP contribution in [0.4, 0.5) is 0 Å². The molecule has 1 aromatic rings. The normalized spacial score (nSPS) is 11.0. The zero-order chi connectivity index (χ0) is 15.9. The van der Waals surface area contributed by atoms with Gasteiger partial charge < -0.3 is 20.1 Å². The van der Waals surface area contributed by atoms with E-state index in [9.17, 15) is 0 Å². The van der Waals surface area contributed by atoms with Gasteiger partial charge in [0.05, 0.1) is 13.2 Å². The van der Waals surface area contributed by atoms with Crippen molar-refractivity contribution in [3.8, 4) is 0 Å². The Morgan fingerprint density at radius 3 is 2.52 bits per heavy atom. The van der Waals surface area contributed by atoms with Gasteiger partial charge in [-0.3, -0.25) is 4.99 Å². The molecule has 5 nitrogen and oxygen atoms in total. The molecule has 0 amide bonds. The summed E-state index contributed by atoms with van der Waals surface area (Å²) in [6.07, 6.45) is 0.948. The minimum atomic E-state index is 0. The summed E-state index contributed by atoms with van der Waals surface area (Å²) in [5.74, 6) is 1.84. The van der Waals surface area contributed by atoms with Crippen LogP contribution >= 0.6 is 35.7 Å². The van der Waals surface area contributed by atoms with E-state index in [-0.39, 0.29) is 24.0 Å². The molecular weight excluding hydrogens is 425 g/mol. The first-order chi connectivity index (χ1) is 10.9. The van der Waals surface area contributed by atoms with Crippen LogP contribution in [0.3, 0.4) is 0 Å². The van der Waals surface area contributed by atoms with E-state index in [0.717, 1.165) is 37.8 Å². The van der Waals surface area contributed by atoms with Gasteiger partial charge in [0.2, 0.25) is 0 Å². The number of aliphatic imine (C=N–C) groups is 1. The van der Waals surface area contributed by atoms with Crippen LogP contribution in [-0.4, -0.2) is 58.8 Å². The highest BCUT2D eigenvalue weighted by atomic mass is 127. The van der Waals surface area contributed by atoms with Crippen LogP contribution in [0, 0.1) is 0 Å². The predicted octanol–water partition coefficient (Wildman–Crippen LogP) is 2.61. The second-order valence-electron chi connectivity index (χ2n) is 4.55. The lowest BCUT2D eigenvalue weighted by Gasteiger charge is -2.11. The summed E-state index contributed by atoms with van der Waals surface area (Å²) in [6, 6.07) is 10.4. The monoisotopic (exact) mass is 453 g/mol. The molecule has 0 aliphatic carbocycles. The molecule has 0 radical (unpaired) electrons. The summed E-state index contributed by atoms with van der Waals surface area (Å²) in [6.45, 7) is 3.76. The lowest BCUT2D eigenvalue weighted by atomic mass is 10.4. The Bertz CT molecular complexity index is 408. The van der Waals surface area contributed by atoms with Crippen LogP contribution in [0.15, 0.2) is 40.2 Å². The van der Waals surface area contributed by atoms with Crippen molar-refractivity contribution < 1.29 is 9.47 Å². The maximum absolute atomic E-state index is 5.41. The van der Waals surface area contributed by atoms with Gasteiger partial charge in [-0.25, -0.2) is 0 Å². The topological polar surface area (TPSA) is 54.9 Å². The quantitative estimate of drug-likeness (QED) is 0.177. The van der Waals surface area contributed by atoms with Crippen LogP contribution < -0.4 is 10.6 Å². The Kier molecular flexibility index (Phi) is 16.0.